The van der Waals surface area contributed by atoms with Crippen molar-refractivity contribution >= 4 is 5.91 Å². The van der Waals surface area contributed by atoms with E-state index >= 15 is 0 Å². The van der Waals surface area contributed by atoms with Crippen molar-refractivity contribution < 1.29 is 9.90 Å². The lowest BCUT2D eigenvalue weighted by Crippen LogP contribution is -2.42. The van der Waals surface area contributed by atoms with Crippen molar-refractivity contribution in [2.45, 2.75) is 76.4 Å². The Labute approximate surface area is 145 Å². The van der Waals surface area contributed by atoms with E-state index in [4.69, 9.17) is 0 Å². The van der Waals surface area contributed by atoms with Gasteiger partial charge in [-0.25, -0.2) is 0 Å². The third-order valence-corrected chi connectivity index (χ3v) is 5.94. The van der Waals surface area contributed by atoms with Crippen LogP contribution in [0.1, 0.15) is 63.4 Å². The van der Waals surface area contributed by atoms with Crippen LogP contribution in [-0.4, -0.2) is 23.2 Å². The van der Waals surface area contributed by atoms with Gasteiger partial charge in [-0.05, 0) is 75.7 Å². The molecule has 2 saturated carbocycles. The van der Waals surface area contributed by atoms with E-state index in [0.29, 0.717) is 0 Å². The van der Waals surface area contributed by atoms with E-state index in [0.717, 1.165) is 50.9 Å². The molecule has 3 rings (SSSR count). The average Bonchev–Trinajstić information content (AvgIpc) is 2.63. The van der Waals surface area contributed by atoms with Gasteiger partial charge in [-0.2, -0.15) is 0 Å². The number of benzene rings is 1. The van der Waals surface area contributed by atoms with Crippen LogP contribution >= 0.6 is 0 Å². The zero-order chi connectivity index (χ0) is 16.8. The van der Waals surface area contributed by atoms with Crippen molar-refractivity contribution in [1.82, 2.24) is 5.32 Å². The predicted octanol–water partition coefficient (Wildman–Crippen LogP) is 3.85. The normalized spacial score (nSPS) is 30.7. The number of amides is 1. The summed E-state index contributed by atoms with van der Waals surface area (Å²) in [6, 6.07) is 11.0. The Balaban J connectivity index is 1.36. The number of aryl methyl sites for hydroxylation is 1. The Bertz CT molecular complexity index is 500. The van der Waals surface area contributed by atoms with Crippen molar-refractivity contribution in [2.75, 3.05) is 0 Å². The van der Waals surface area contributed by atoms with Gasteiger partial charge in [-0.3, -0.25) is 4.79 Å². The zero-order valence-electron chi connectivity index (χ0n) is 14.6. The minimum atomic E-state index is -0.154. The first-order chi connectivity index (χ1) is 11.7. The minimum Gasteiger partial charge on any atom is -0.393 e. The van der Waals surface area contributed by atoms with E-state index in [1.807, 2.05) is 0 Å². The molecule has 0 atom stereocenters. The topological polar surface area (TPSA) is 49.3 Å². The lowest BCUT2D eigenvalue weighted by molar-refractivity contribution is -0.127. The van der Waals surface area contributed by atoms with Crippen LogP contribution < -0.4 is 5.32 Å². The molecule has 1 aromatic carbocycles. The molecule has 0 aliphatic heterocycles. The highest BCUT2D eigenvalue weighted by Crippen LogP contribution is 2.32. The highest BCUT2D eigenvalue weighted by Gasteiger charge is 2.28. The molecule has 3 heteroatoms. The van der Waals surface area contributed by atoms with E-state index in [1.54, 1.807) is 0 Å². The molecular weight excluding hydrogens is 298 g/mol. The number of carbonyl (C=O) groups is 1. The molecule has 24 heavy (non-hydrogen) atoms. The number of rotatable bonds is 5. The van der Waals surface area contributed by atoms with E-state index < -0.39 is 0 Å². The lowest BCUT2D eigenvalue weighted by atomic mass is 9.79. The number of carbonyl (C=O) groups excluding carboxylic acids is 1. The molecule has 2 fully saturated rings. The number of hydrogen-bond donors (Lipinski definition) is 2. The maximum atomic E-state index is 12.5. The van der Waals surface area contributed by atoms with Gasteiger partial charge in [0.05, 0.1) is 6.10 Å². The predicted molar refractivity (Wildman–Crippen MR) is 96.6 cm³/mol. The Hall–Kier alpha value is -1.35. The zero-order valence-corrected chi connectivity index (χ0v) is 14.6. The maximum absolute atomic E-state index is 12.5. The summed E-state index contributed by atoms with van der Waals surface area (Å²) in [6.07, 6.45) is 10.2. The second-order valence-corrected chi connectivity index (χ2v) is 7.76. The summed E-state index contributed by atoms with van der Waals surface area (Å²) in [5.74, 6) is 1.25. The van der Waals surface area contributed by atoms with Crippen LogP contribution in [0.2, 0.25) is 0 Å². The SMILES string of the molecule is O=C(NC1CCC(O)CC1)C1CCC(CCc2ccccc2)CC1. The van der Waals surface area contributed by atoms with E-state index in [-0.39, 0.29) is 24.0 Å². The molecule has 132 valence electrons. The Morgan fingerprint density at radius 3 is 2.29 bits per heavy atom. The second kappa shape index (κ2) is 8.66. The van der Waals surface area contributed by atoms with Crippen molar-refractivity contribution in [1.29, 1.82) is 0 Å². The number of hydrogen-bond acceptors (Lipinski definition) is 2. The van der Waals surface area contributed by atoms with Crippen molar-refractivity contribution in [3.8, 4) is 0 Å². The maximum Gasteiger partial charge on any atom is 0.223 e. The summed E-state index contributed by atoms with van der Waals surface area (Å²) in [5.41, 5.74) is 1.43. The average molecular weight is 329 g/mol. The van der Waals surface area contributed by atoms with Crippen LogP contribution in [0.15, 0.2) is 30.3 Å². The third kappa shape index (κ3) is 5.07. The van der Waals surface area contributed by atoms with Crippen molar-refractivity contribution in [3.63, 3.8) is 0 Å². The fourth-order valence-corrected chi connectivity index (χ4v) is 4.27. The largest absolute Gasteiger partial charge is 0.393 e. The molecule has 0 heterocycles. The van der Waals surface area contributed by atoms with Crippen LogP contribution in [0.25, 0.3) is 0 Å². The Morgan fingerprint density at radius 2 is 1.62 bits per heavy atom. The van der Waals surface area contributed by atoms with Gasteiger partial charge < -0.3 is 10.4 Å². The highest BCUT2D eigenvalue weighted by molar-refractivity contribution is 5.79. The number of aliphatic hydroxyl groups is 1. The second-order valence-electron chi connectivity index (χ2n) is 7.76. The number of aliphatic hydroxyl groups excluding tert-OH is 1. The first-order valence-corrected chi connectivity index (χ1v) is 9.73. The number of nitrogens with one attached hydrogen (secondary N) is 1. The molecule has 0 saturated heterocycles. The Morgan fingerprint density at radius 1 is 0.958 bits per heavy atom. The van der Waals surface area contributed by atoms with E-state index in [9.17, 15) is 9.90 Å². The van der Waals surface area contributed by atoms with Gasteiger partial charge in [0.1, 0.15) is 0 Å². The molecule has 1 aromatic rings. The van der Waals surface area contributed by atoms with Gasteiger partial charge in [0.25, 0.3) is 0 Å². The fourth-order valence-electron chi connectivity index (χ4n) is 4.27. The minimum absolute atomic E-state index is 0.154. The molecular formula is C21H31NO2. The summed E-state index contributed by atoms with van der Waals surface area (Å²) < 4.78 is 0. The molecule has 2 N–H and O–H groups in total. The van der Waals surface area contributed by atoms with Gasteiger partial charge in [0, 0.05) is 12.0 Å². The molecule has 0 unspecified atom stereocenters. The molecule has 3 nitrogen and oxygen atoms in total. The van der Waals surface area contributed by atoms with Gasteiger partial charge in [-0.1, -0.05) is 30.3 Å². The van der Waals surface area contributed by atoms with Crippen LogP contribution in [0, 0.1) is 11.8 Å². The van der Waals surface area contributed by atoms with Crippen LogP contribution in [-0.2, 0) is 11.2 Å². The fraction of sp³-hybridized carbons (Fsp3) is 0.667. The third-order valence-electron chi connectivity index (χ3n) is 5.94. The first-order valence-electron chi connectivity index (χ1n) is 9.73. The monoisotopic (exact) mass is 329 g/mol. The smallest absolute Gasteiger partial charge is 0.223 e. The van der Waals surface area contributed by atoms with Gasteiger partial charge in [0.2, 0.25) is 5.91 Å². The van der Waals surface area contributed by atoms with Gasteiger partial charge in [0.15, 0.2) is 0 Å². The Kier molecular flexibility index (Phi) is 6.30. The molecule has 0 spiro atoms. The van der Waals surface area contributed by atoms with Crippen LogP contribution in [0.5, 0.6) is 0 Å². The van der Waals surface area contributed by atoms with Crippen LogP contribution in [0.3, 0.4) is 0 Å². The highest BCUT2D eigenvalue weighted by atomic mass is 16.3. The van der Waals surface area contributed by atoms with E-state index in [2.05, 4.69) is 35.6 Å². The quantitative estimate of drug-likeness (QED) is 0.862. The molecule has 2 aliphatic carbocycles. The molecule has 0 radical (unpaired) electrons. The van der Waals surface area contributed by atoms with Crippen molar-refractivity contribution in [2.24, 2.45) is 11.8 Å². The summed E-state index contributed by atoms with van der Waals surface area (Å²) in [4.78, 5) is 12.5. The lowest BCUT2D eigenvalue weighted by Gasteiger charge is -2.31. The molecule has 0 bridgehead atoms. The van der Waals surface area contributed by atoms with Gasteiger partial charge >= 0.3 is 0 Å². The summed E-state index contributed by atoms with van der Waals surface area (Å²) in [6.45, 7) is 0. The standard InChI is InChI=1S/C21H31NO2/c23-20-14-12-19(13-15-20)22-21(24)18-10-8-17(9-11-18)7-6-16-4-2-1-3-5-16/h1-5,17-20,23H,6-15H2,(H,22,24). The molecule has 2 aliphatic rings. The summed E-state index contributed by atoms with van der Waals surface area (Å²) >= 11 is 0. The van der Waals surface area contributed by atoms with Crippen molar-refractivity contribution in [3.05, 3.63) is 35.9 Å². The molecule has 0 aromatic heterocycles. The van der Waals surface area contributed by atoms with Gasteiger partial charge in [-0.15, -0.1) is 0 Å². The first kappa shape index (κ1) is 17.5. The molecule has 1 amide bonds. The van der Waals surface area contributed by atoms with Crippen LogP contribution in [0.4, 0.5) is 0 Å². The summed E-state index contributed by atoms with van der Waals surface area (Å²) in [5, 5.41) is 12.8. The van der Waals surface area contributed by atoms with E-state index in [1.165, 1.54) is 24.8 Å². The summed E-state index contributed by atoms with van der Waals surface area (Å²) in [7, 11) is 0.